The predicted molar refractivity (Wildman–Crippen MR) is 121 cm³/mol. The highest BCUT2D eigenvalue weighted by Gasteiger charge is 2.60. The van der Waals surface area contributed by atoms with Crippen LogP contribution < -0.4 is 5.32 Å². The van der Waals surface area contributed by atoms with Crippen molar-refractivity contribution in [2.24, 2.45) is 34.5 Å². The molecule has 0 aromatic rings. The summed E-state index contributed by atoms with van der Waals surface area (Å²) in [4.78, 5) is 12.4. The van der Waals surface area contributed by atoms with Crippen molar-refractivity contribution < 1.29 is 19.7 Å². The molecule has 4 aliphatic rings. The van der Waals surface area contributed by atoms with E-state index < -0.39 is 5.54 Å². The normalized spacial score (nSPS) is 44.7. The monoisotopic (exact) mass is 433 g/mol. The number of allylic oxidation sites excluding steroid dienone is 1. The van der Waals surface area contributed by atoms with E-state index in [1.807, 2.05) is 20.8 Å². The lowest BCUT2D eigenvalue weighted by molar-refractivity contribution is -0.150. The lowest BCUT2D eigenvalue weighted by Crippen LogP contribution is -2.57. The first-order chi connectivity index (χ1) is 14.5. The van der Waals surface area contributed by atoms with Crippen LogP contribution in [0.1, 0.15) is 79.6 Å². The summed E-state index contributed by atoms with van der Waals surface area (Å²) < 4.78 is 5.27. The second kappa shape index (κ2) is 8.14. The molecule has 0 radical (unpaired) electrons. The maximum atomic E-state index is 12.4. The third-order valence-corrected chi connectivity index (χ3v) is 9.92. The Hall–Kier alpha value is -0.910. The molecular formula is C26H43NO4. The van der Waals surface area contributed by atoms with E-state index in [0.717, 1.165) is 44.9 Å². The van der Waals surface area contributed by atoms with Crippen molar-refractivity contribution in [2.45, 2.75) is 97.3 Å². The van der Waals surface area contributed by atoms with Crippen molar-refractivity contribution in [1.82, 2.24) is 5.32 Å². The number of esters is 1. The van der Waals surface area contributed by atoms with Gasteiger partial charge < -0.3 is 20.3 Å². The van der Waals surface area contributed by atoms with Gasteiger partial charge in [0.15, 0.2) is 0 Å². The standard InChI is InChI=1S/C26H43NO4/c1-6-31-23(30)24(2,3)27-15-17-14-18(28)13-16-7-8-19-20-9-10-22(29)25(20,4)12-11-21(19)26(16,17)5/h7,17-22,27-29H,6,8-15H2,1-5H3/t17?,18-,19+,20+,21+,22+,25+,26-/m1/s1. The van der Waals surface area contributed by atoms with Crippen molar-refractivity contribution in [3.63, 3.8) is 0 Å². The molecule has 0 heterocycles. The van der Waals surface area contributed by atoms with Gasteiger partial charge in [0, 0.05) is 0 Å². The van der Waals surface area contributed by atoms with Gasteiger partial charge >= 0.3 is 5.97 Å². The number of aliphatic hydroxyl groups excluding tert-OH is 2. The summed E-state index contributed by atoms with van der Waals surface area (Å²) in [6.07, 6.45) is 8.93. The first kappa shape index (κ1) is 23.3. The number of carbonyl (C=O) groups is 1. The van der Waals surface area contributed by atoms with Gasteiger partial charge in [-0.15, -0.1) is 0 Å². The smallest absolute Gasteiger partial charge is 0.325 e. The van der Waals surface area contributed by atoms with Gasteiger partial charge in [0.2, 0.25) is 0 Å². The van der Waals surface area contributed by atoms with E-state index in [1.54, 1.807) is 0 Å². The van der Waals surface area contributed by atoms with Crippen LogP contribution in [0.3, 0.4) is 0 Å². The van der Waals surface area contributed by atoms with E-state index in [0.29, 0.717) is 30.9 Å². The molecule has 176 valence electrons. The Morgan fingerprint density at radius 2 is 1.97 bits per heavy atom. The van der Waals surface area contributed by atoms with Crippen LogP contribution >= 0.6 is 0 Å². The first-order valence-corrected chi connectivity index (χ1v) is 12.5. The minimum atomic E-state index is -0.743. The van der Waals surface area contributed by atoms with E-state index in [2.05, 4.69) is 25.2 Å². The fourth-order valence-electron chi connectivity index (χ4n) is 7.91. The summed E-state index contributed by atoms with van der Waals surface area (Å²) in [5.41, 5.74) is 0.786. The Morgan fingerprint density at radius 1 is 1.23 bits per heavy atom. The minimum Gasteiger partial charge on any atom is -0.465 e. The number of ether oxygens (including phenoxy) is 1. The zero-order valence-electron chi connectivity index (χ0n) is 20.1. The highest BCUT2D eigenvalue weighted by atomic mass is 16.5. The first-order valence-electron chi connectivity index (χ1n) is 12.5. The largest absolute Gasteiger partial charge is 0.465 e. The van der Waals surface area contributed by atoms with Crippen LogP contribution in [0.25, 0.3) is 0 Å². The lowest BCUT2D eigenvalue weighted by Gasteiger charge is -2.60. The highest BCUT2D eigenvalue weighted by molar-refractivity contribution is 5.79. The van der Waals surface area contributed by atoms with Crippen LogP contribution in [0.5, 0.6) is 0 Å². The molecule has 3 N–H and O–H groups in total. The van der Waals surface area contributed by atoms with Crippen LogP contribution in [0, 0.1) is 34.5 Å². The van der Waals surface area contributed by atoms with E-state index in [9.17, 15) is 15.0 Å². The predicted octanol–water partition coefficient (Wildman–Crippen LogP) is 3.83. The Kier molecular flexibility index (Phi) is 6.11. The molecule has 0 amide bonds. The van der Waals surface area contributed by atoms with Crippen LogP contribution in [-0.4, -0.2) is 47.1 Å². The SMILES string of the molecule is CCOC(=O)C(C)(C)NCC1C[C@H](O)CC2=CC[C@H]3[C@@H]4CC[C@H](O)[C@@]4(C)CC[C@@H]3[C@]21C. The van der Waals surface area contributed by atoms with Gasteiger partial charge in [-0.05, 0) is 107 Å². The third-order valence-electron chi connectivity index (χ3n) is 9.92. The van der Waals surface area contributed by atoms with Gasteiger partial charge in [-0.2, -0.15) is 0 Å². The maximum Gasteiger partial charge on any atom is 0.325 e. The summed E-state index contributed by atoms with van der Waals surface area (Å²) in [5.74, 6) is 1.84. The van der Waals surface area contributed by atoms with Gasteiger partial charge in [-0.3, -0.25) is 4.79 Å². The number of hydrogen-bond acceptors (Lipinski definition) is 5. The van der Waals surface area contributed by atoms with Crippen molar-refractivity contribution in [3.8, 4) is 0 Å². The van der Waals surface area contributed by atoms with Crippen LogP contribution in [0.15, 0.2) is 11.6 Å². The number of hydrogen-bond donors (Lipinski definition) is 3. The van der Waals surface area contributed by atoms with E-state index in [1.165, 1.54) is 5.57 Å². The summed E-state index contributed by atoms with van der Waals surface area (Å²) in [5, 5.41) is 24.9. The molecule has 5 nitrogen and oxygen atoms in total. The Morgan fingerprint density at radius 3 is 2.68 bits per heavy atom. The van der Waals surface area contributed by atoms with Crippen LogP contribution in [-0.2, 0) is 9.53 Å². The molecule has 4 rings (SSSR count). The lowest BCUT2D eigenvalue weighted by atomic mass is 9.45. The molecular weight excluding hydrogens is 390 g/mol. The molecule has 0 saturated heterocycles. The summed E-state index contributed by atoms with van der Waals surface area (Å²) >= 11 is 0. The minimum absolute atomic E-state index is 0.0365. The van der Waals surface area contributed by atoms with Crippen molar-refractivity contribution >= 4 is 5.97 Å². The third kappa shape index (κ3) is 3.69. The van der Waals surface area contributed by atoms with Gasteiger partial charge in [0.05, 0.1) is 18.8 Å². The number of aliphatic hydroxyl groups is 2. The van der Waals surface area contributed by atoms with Gasteiger partial charge in [0.1, 0.15) is 5.54 Å². The highest BCUT2D eigenvalue weighted by Crippen LogP contribution is 2.65. The van der Waals surface area contributed by atoms with Gasteiger partial charge in [-0.1, -0.05) is 25.5 Å². The van der Waals surface area contributed by atoms with Crippen LogP contribution in [0.4, 0.5) is 0 Å². The van der Waals surface area contributed by atoms with E-state index >= 15 is 0 Å². The second-order valence-corrected chi connectivity index (χ2v) is 11.8. The summed E-state index contributed by atoms with van der Waals surface area (Å²) in [6, 6.07) is 0. The fourth-order valence-corrected chi connectivity index (χ4v) is 7.91. The van der Waals surface area contributed by atoms with Crippen molar-refractivity contribution in [3.05, 3.63) is 11.6 Å². The molecule has 4 aliphatic carbocycles. The average molecular weight is 434 g/mol. The number of nitrogens with one attached hydrogen (secondary N) is 1. The maximum absolute atomic E-state index is 12.4. The number of carbonyl (C=O) groups excluding carboxylic acids is 1. The number of rotatable bonds is 5. The molecule has 1 unspecified atom stereocenters. The molecule has 0 aliphatic heterocycles. The molecule has 31 heavy (non-hydrogen) atoms. The zero-order valence-corrected chi connectivity index (χ0v) is 20.1. The van der Waals surface area contributed by atoms with Crippen molar-refractivity contribution in [1.29, 1.82) is 0 Å². The molecule has 3 saturated carbocycles. The molecule has 0 aromatic heterocycles. The Bertz CT molecular complexity index is 733. The van der Waals surface area contributed by atoms with Crippen LogP contribution in [0.2, 0.25) is 0 Å². The number of fused-ring (bicyclic) bond motifs is 5. The van der Waals surface area contributed by atoms with E-state index in [4.69, 9.17) is 4.74 Å². The van der Waals surface area contributed by atoms with Gasteiger partial charge in [0.25, 0.3) is 0 Å². The fraction of sp³-hybridized carbons (Fsp3) is 0.885. The Labute approximate surface area is 188 Å². The molecule has 5 heteroatoms. The zero-order chi connectivity index (χ0) is 22.6. The van der Waals surface area contributed by atoms with Gasteiger partial charge in [-0.25, -0.2) is 0 Å². The Balaban J connectivity index is 1.59. The molecule has 0 aromatic carbocycles. The summed E-state index contributed by atoms with van der Waals surface area (Å²) in [7, 11) is 0. The van der Waals surface area contributed by atoms with Crippen molar-refractivity contribution in [2.75, 3.05) is 13.2 Å². The topological polar surface area (TPSA) is 78.8 Å². The van der Waals surface area contributed by atoms with E-state index in [-0.39, 0.29) is 34.9 Å². The second-order valence-electron chi connectivity index (χ2n) is 11.8. The molecule has 8 atom stereocenters. The molecule has 0 spiro atoms. The quantitative estimate of drug-likeness (QED) is 0.454. The average Bonchev–Trinajstić information content (AvgIpc) is 3.02. The molecule has 0 bridgehead atoms. The molecule has 3 fully saturated rings. The summed E-state index contributed by atoms with van der Waals surface area (Å²) in [6.45, 7) is 11.4.